The van der Waals surface area contributed by atoms with Crippen molar-refractivity contribution in [2.24, 2.45) is 11.8 Å². The second kappa shape index (κ2) is 7.61. The average molecular weight is 438 g/mol. The summed E-state index contributed by atoms with van der Waals surface area (Å²) in [5, 5.41) is 10.4. The standard InChI is InChI=1S/C22H19ClF3NO3/c1-2-11-5-6-15(30-21-17(23)8-14(10-27-21)22(24,25)26)9-16(11)18-19(28)12-3-4-13(7-12)20(18)29/h5-6,8-10,12-13,28H,2-4,7H2,1H3/t12-,13+/m1/s1. The lowest BCUT2D eigenvalue weighted by molar-refractivity contribution is -0.137. The summed E-state index contributed by atoms with van der Waals surface area (Å²) < 4.78 is 44.1. The lowest BCUT2D eigenvalue weighted by Crippen LogP contribution is -2.22. The van der Waals surface area contributed by atoms with Gasteiger partial charge in [-0.3, -0.25) is 4.79 Å². The van der Waals surface area contributed by atoms with E-state index in [2.05, 4.69) is 4.98 Å². The summed E-state index contributed by atoms with van der Waals surface area (Å²) in [4.78, 5) is 16.6. The van der Waals surface area contributed by atoms with E-state index in [9.17, 15) is 23.1 Å². The van der Waals surface area contributed by atoms with Gasteiger partial charge in [-0.1, -0.05) is 24.6 Å². The predicted molar refractivity (Wildman–Crippen MR) is 106 cm³/mol. The van der Waals surface area contributed by atoms with Gasteiger partial charge in [0, 0.05) is 18.0 Å². The SMILES string of the molecule is CCc1ccc(Oc2ncc(C(F)(F)F)cc2Cl)cc1C1=C(O)[C@@H]2CC[C@@H](C2)C1=O. The first kappa shape index (κ1) is 20.7. The number of allylic oxidation sites excluding steroid dienone is 2. The van der Waals surface area contributed by atoms with Gasteiger partial charge in [-0.05, 0) is 55.0 Å². The van der Waals surface area contributed by atoms with E-state index in [0.717, 1.165) is 24.5 Å². The number of aromatic nitrogens is 1. The Morgan fingerprint density at radius 2 is 1.97 bits per heavy atom. The van der Waals surface area contributed by atoms with Crippen LogP contribution in [0.15, 0.2) is 36.2 Å². The molecule has 158 valence electrons. The maximum Gasteiger partial charge on any atom is 0.417 e. The molecule has 1 saturated carbocycles. The van der Waals surface area contributed by atoms with Crippen molar-refractivity contribution in [3.8, 4) is 11.6 Å². The van der Waals surface area contributed by atoms with Crippen LogP contribution in [0.4, 0.5) is 13.2 Å². The molecule has 1 aromatic heterocycles. The highest BCUT2D eigenvalue weighted by Crippen LogP contribution is 2.46. The highest BCUT2D eigenvalue weighted by atomic mass is 35.5. The van der Waals surface area contributed by atoms with Gasteiger partial charge in [0.15, 0.2) is 5.78 Å². The number of aryl methyl sites for hydroxylation is 1. The van der Waals surface area contributed by atoms with Crippen LogP contribution >= 0.6 is 11.6 Å². The fraction of sp³-hybridized carbons (Fsp3) is 0.364. The number of aliphatic hydroxyl groups is 1. The van der Waals surface area contributed by atoms with Crippen LogP contribution in [0.25, 0.3) is 5.57 Å². The van der Waals surface area contributed by atoms with E-state index >= 15 is 0 Å². The molecule has 1 aromatic carbocycles. The monoisotopic (exact) mass is 437 g/mol. The van der Waals surface area contributed by atoms with Crippen LogP contribution in [0.5, 0.6) is 11.6 Å². The second-order valence-electron chi connectivity index (χ2n) is 7.61. The molecular formula is C22H19ClF3NO3. The van der Waals surface area contributed by atoms with E-state index in [0.29, 0.717) is 30.2 Å². The summed E-state index contributed by atoms with van der Waals surface area (Å²) >= 11 is 5.93. The van der Waals surface area contributed by atoms with Crippen molar-refractivity contribution in [3.05, 3.63) is 57.9 Å². The maximum absolute atomic E-state index is 12.9. The summed E-state index contributed by atoms with van der Waals surface area (Å²) in [6, 6.07) is 5.77. The van der Waals surface area contributed by atoms with E-state index in [1.165, 1.54) is 0 Å². The number of halogens is 4. The van der Waals surface area contributed by atoms with Gasteiger partial charge in [0.25, 0.3) is 0 Å². The molecule has 0 unspecified atom stereocenters. The summed E-state index contributed by atoms with van der Waals surface area (Å²) in [6.45, 7) is 1.94. The molecule has 1 N–H and O–H groups in total. The summed E-state index contributed by atoms with van der Waals surface area (Å²) in [7, 11) is 0. The zero-order valence-electron chi connectivity index (χ0n) is 16.1. The highest BCUT2D eigenvalue weighted by Gasteiger charge is 2.41. The number of carbonyl (C=O) groups is 1. The molecule has 0 radical (unpaired) electrons. The van der Waals surface area contributed by atoms with Crippen LogP contribution in [0.3, 0.4) is 0 Å². The Balaban J connectivity index is 1.71. The van der Waals surface area contributed by atoms with Crippen molar-refractivity contribution in [2.45, 2.75) is 38.8 Å². The van der Waals surface area contributed by atoms with Crippen molar-refractivity contribution in [1.29, 1.82) is 0 Å². The Bertz CT molecular complexity index is 1050. The number of alkyl halides is 3. The van der Waals surface area contributed by atoms with Crippen LogP contribution in [-0.2, 0) is 17.4 Å². The zero-order valence-corrected chi connectivity index (χ0v) is 16.8. The number of ketones is 1. The molecule has 4 rings (SSSR count). The number of hydrogen-bond acceptors (Lipinski definition) is 4. The van der Waals surface area contributed by atoms with Gasteiger partial charge in [0.1, 0.15) is 16.5 Å². The molecule has 2 bridgehead atoms. The first-order chi connectivity index (χ1) is 14.2. The van der Waals surface area contributed by atoms with Gasteiger partial charge < -0.3 is 9.84 Å². The quantitative estimate of drug-likeness (QED) is 0.603. The lowest BCUT2D eigenvalue weighted by Gasteiger charge is -2.23. The van der Waals surface area contributed by atoms with E-state index in [1.54, 1.807) is 18.2 Å². The summed E-state index contributed by atoms with van der Waals surface area (Å²) in [6.07, 6.45) is -1.05. The molecule has 8 heteroatoms. The molecule has 0 spiro atoms. The summed E-state index contributed by atoms with van der Waals surface area (Å²) in [5.41, 5.74) is 0.796. The predicted octanol–water partition coefficient (Wildman–Crippen LogP) is 6.38. The molecule has 0 saturated heterocycles. The smallest absolute Gasteiger partial charge is 0.417 e. The topological polar surface area (TPSA) is 59.4 Å². The molecule has 2 aliphatic rings. The molecule has 1 fully saturated rings. The average Bonchev–Trinajstić information content (AvgIpc) is 3.15. The van der Waals surface area contributed by atoms with Gasteiger partial charge in [-0.2, -0.15) is 13.2 Å². The normalized spacial score (nSPS) is 21.3. The van der Waals surface area contributed by atoms with Crippen molar-refractivity contribution < 1.29 is 27.8 Å². The Morgan fingerprint density at radius 3 is 2.63 bits per heavy atom. The molecule has 0 aliphatic heterocycles. The van der Waals surface area contributed by atoms with Crippen molar-refractivity contribution in [2.75, 3.05) is 0 Å². The van der Waals surface area contributed by atoms with Gasteiger partial charge >= 0.3 is 6.18 Å². The van der Waals surface area contributed by atoms with Crippen molar-refractivity contribution in [1.82, 2.24) is 4.98 Å². The number of pyridine rings is 1. The third-order valence-corrected chi connectivity index (χ3v) is 6.04. The molecule has 1 heterocycles. The number of carbonyl (C=O) groups excluding carboxylic acids is 1. The molecule has 2 aromatic rings. The van der Waals surface area contributed by atoms with E-state index < -0.39 is 11.7 Å². The minimum atomic E-state index is -4.56. The molecule has 30 heavy (non-hydrogen) atoms. The minimum Gasteiger partial charge on any atom is -0.511 e. The van der Waals surface area contributed by atoms with Gasteiger partial charge in [0.05, 0.1) is 11.1 Å². The fourth-order valence-electron chi connectivity index (χ4n) is 4.20. The van der Waals surface area contributed by atoms with Crippen LogP contribution < -0.4 is 4.74 Å². The third kappa shape index (κ3) is 3.67. The number of ether oxygens (including phenoxy) is 1. The first-order valence-corrected chi connectivity index (χ1v) is 10.1. The van der Waals surface area contributed by atoms with Crippen LogP contribution in [0.2, 0.25) is 5.02 Å². The minimum absolute atomic E-state index is 0.0111. The number of fused-ring (bicyclic) bond motifs is 2. The molecule has 2 aliphatic carbocycles. The molecule has 0 amide bonds. The summed E-state index contributed by atoms with van der Waals surface area (Å²) in [5.74, 6) is 0.0461. The number of Topliss-reactive ketones (excluding diaryl/α,β-unsaturated/α-hetero) is 1. The Labute approximate surface area is 176 Å². The zero-order chi connectivity index (χ0) is 21.6. The second-order valence-corrected chi connectivity index (χ2v) is 8.02. The number of aliphatic hydroxyl groups excluding tert-OH is 1. The lowest BCUT2D eigenvalue weighted by atomic mass is 9.81. The number of nitrogens with zero attached hydrogens (tertiary/aromatic N) is 1. The van der Waals surface area contributed by atoms with Gasteiger partial charge in [0.2, 0.25) is 5.88 Å². The molecule has 2 atom stereocenters. The first-order valence-electron chi connectivity index (χ1n) is 9.70. The Morgan fingerprint density at radius 1 is 1.23 bits per heavy atom. The Hall–Kier alpha value is -2.54. The number of hydrogen-bond donors (Lipinski definition) is 1. The fourth-order valence-corrected chi connectivity index (χ4v) is 4.41. The van der Waals surface area contributed by atoms with Crippen LogP contribution in [0.1, 0.15) is 42.9 Å². The molecular weight excluding hydrogens is 419 g/mol. The maximum atomic E-state index is 12.9. The molecule has 4 nitrogen and oxygen atoms in total. The van der Waals surface area contributed by atoms with Crippen LogP contribution in [0, 0.1) is 11.8 Å². The third-order valence-electron chi connectivity index (χ3n) is 5.77. The van der Waals surface area contributed by atoms with E-state index in [1.807, 2.05) is 6.92 Å². The number of rotatable bonds is 4. The van der Waals surface area contributed by atoms with Crippen LogP contribution in [-0.4, -0.2) is 15.9 Å². The van der Waals surface area contributed by atoms with Gasteiger partial charge in [-0.15, -0.1) is 0 Å². The largest absolute Gasteiger partial charge is 0.511 e. The highest BCUT2D eigenvalue weighted by molar-refractivity contribution is 6.31. The van der Waals surface area contributed by atoms with Gasteiger partial charge in [-0.25, -0.2) is 4.98 Å². The Kier molecular flexibility index (Phi) is 5.26. The number of benzene rings is 1. The van der Waals surface area contributed by atoms with Crippen molar-refractivity contribution >= 4 is 23.0 Å². The van der Waals surface area contributed by atoms with E-state index in [-0.39, 0.29) is 40.0 Å². The van der Waals surface area contributed by atoms with Crippen molar-refractivity contribution in [3.63, 3.8) is 0 Å². The van der Waals surface area contributed by atoms with E-state index in [4.69, 9.17) is 16.3 Å².